The highest BCUT2D eigenvalue weighted by atomic mass is 15.4. The van der Waals surface area contributed by atoms with Gasteiger partial charge in [0.15, 0.2) is 0 Å². The van der Waals surface area contributed by atoms with E-state index in [0.717, 1.165) is 12.1 Å². The minimum atomic E-state index is 0.763. The lowest BCUT2D eigenvalue weighted by atomic mass is 10.00. The molecule has 0 N–H and O–H groups in total. The Labute approximate surface area is 62.8 Å². The van der Waals surface area contributed by atoms with Crippen LogP contribution in [0.5, 0.6) is 0 Å². The molecule has 2 saturated heterocycles. The highest BCUT2D eigenvalue weighted by Gasteiger charge is 2.35. The van der Waals surface area contributed by atoms with Crippen molar-refractivity contribution in [2.45, 2.75) is 19.0 Å². The predicted molar refractivity (Wildman–Crippen MR) is 41.8 cm³/mol. The third-order valence-electron chi connectivity index (χ3n) is 3.00. The van der Waals surface area contributed by atoms with Gasteiger partial charge in [0.2, 0.25) is 0 Å². The van der Waals surface area contributed by atoms with Crippen LogP contribution in [0.15, 0.2) is 0 Å². The zero-order chi connectivity index (χ0) is 7.14. The molecule has 2 atom stereocenters. The standard InChI is InChI=1S/C8H16N2/c1-9-4-3-7-5-8(9)10(2)6-7/h7-8H,3-6H2,1-2H3. The monoisotopic (exact) mass is 140 g/mol. The highest BCUT2D eigenvalue weighted by molar-refractivity contribution is 4.87. The number of piperidine rings is 1. The Morgan fingerprint density at radius 2 is 2.00 bits per heavy atom. The van der Waals surface area contributed by atoms with Crippen molar-refractivity contribution in [2.24, 2.45) is 5.92 Å². The topological polar surface area (TPSA) is 6.48 Å². The van der Waals surface area contributed by atoms with E-state index in [1.807, 2.05) is 0 Å². The van der Waals surface area contributed by atoms with Gasteiger partial charge in [-0.3, -0.25) is 9.80 Å². The maximum Gasteiger partial charge on any atom is 0.0620 e. The fraction of sp³-hybridized carbons (Fsp3) is 1.00. The van der Waals surface area contributed by atoms with Crippen LogP contribution >= 0.6 is 0 Å². The molecule has 0 aromatic rings. The molecule has 10 heavy (non-hydrogen) atoms. The van der Waals surface area contributed by atoms with E-state index in [0.29, 0.717) is 0 Å². The van der Waals surface area contributed by atoms with Crippen molar-refractivity contribution in [2.75, 3.05) is 27.2 Å². The molecule has 2 nitrogen and oxygen atoms in total. The molecule has 58 valence electrons. The number of hydrogen-bond acceptors (Lipinski definition) is 2. The number of rotatable bonds is 0. The smallest absolute Gasteiger partial charge is 0.0620 e. The van der Waals surface area contributed by atoms with Gasteiger partial charge in [-0.25, -0.2) is 0 Å². The number of nitrogens with zero attached hydrogens (tertiary/aromatic N) is 2. The molecule has 0 aromatic carbocycles. The van der Waals surface area contributed by atoms with E-state index in [4.69, 9.17) is 0 Å². The Morgan fingerprint density at radius 3 is 2.70 bits per heavy atom. The van der Waals surface area contributed by atoms with Gasteiger partial charge in [0.1, 0.15) is 0 Å². The van der Waals surface area contributed by atoms with Gasteiger partial charge in [0.05, 0.1) is 6.17 Å². The summed E-state index contributed by atoms with van der Waals surface area (Å²) >= 11 is 0. The van der Waals surface area contributed by atoms with Gasteiger partial charge in [0.25, 0.3) is 0 Å². The summed E-state index contributed by atoms with van der Waals surface area (Å²) in [6.07, 6.45) is 3.59. The summed E-state index contributed by atoms with van der Waals surface area (Å²) in [6.45, 7) is 2.63. The summed E-state index contributed by atoms with van der Waals surface area (Å²) in [6, 6.07) is 0. The average molecular weight is 140 g/mol. The van der Waals surface area contributed by atoms with Crippen molar-refractivity contribution in [3.8, 4) is 0 Å². The lowest BCUT2D eigenvalue weighted by molar-refractivity contribution is 0.111. The Balaban J connectivity index is 2.10. The number of likely N-dealkylation sites (tertiary alicyclic amines) is 2. The van der Waals surface area contributed by atoms with Gasteiger partial charge in [0, 0.05) is 6.54 Å². The van der Waals surface area contributed by atoms with Gasteiger partial charge in [-0.2, -0.15) is 0 Å². The first-order chi connectivity index (χ1) is 4.77. The summed E-state index contributed by atoms with van der Waals surface area (Å²) in [5, 5.41) is 0. The molecule has 0 spiro atoms. The summed E-state index contributed by atoms with van der Waals surface area (Å²) in [7, 11) is 4.48. The molecule has 2 aliphatic heterocycles. The van der Waals surface area contributed by atoms with Crippen LogP contribution in [0.25, 0.3) is 0 Å². The maximum atomic E-state index is 2.48. The zero-order valence-corrected chi connectivity index (χ0v) is 6.88. The molecule has 2 fully saturated rings. The van der Waals surface area contributed by atoms with Crippen molar-refractivity contribution in [3.05, 3.63) is 0 Å². The third kappa shape index (κ3) is 0.867. The lowest BCUT2D eigenvalue weighted by Crippen LogP contribution is -2.41. The van der Waals surface area contributed by atoms with E-state index < -0.39 is 0 Å². The van der Waals surface area contributed by atoms with E-state index in [-0.39, 0.29) is 0 Å². The van der Waals surface area contributed by atoms with E-state index >= 15 is 0 Å². The van der Waals surface area contributed by atoms with Crippen molar-refractivity contribution < 1.29 is 0 Å². The summed E-state index contributed by atoms with van der Waals surface area (Å²) < 4.78 is 0. The highest BCUT2D eigenvalue weighted by Crippen LogP contribution is 2.30. The first-order valence-corrected chi connectivity index (χ1v) is 4.18. The average Bonchev–Trinajstić information content (AvgIpc) is 2.21. The predicted octanol–water partition coefficient (Wildman–Crippen LogP) is 0.600. The van der Waals surface area contributed by atoms with Gasteiger partial charge >= 0.3 is 0 Å². The lowest BCUT2D eigenvalue weighted by Gasteiger charge is -2.31. The van der Waals surface area contributed by atoms with Crippen LogP contribution in [0, 0.1) is 5.92 Å². The molecule has 2 bridgehead atoms. The minimum Gasteiger partial charge on any atom is -0.291 e. The van der Waals surface area contributed by atoms with Gasteiger partial charge in [-0.15, -0.1) is 0 Å². The normalized spacial score (nSPS) is 42.6. The van der Waals surface area contributed by atoms with Crippen molar-refractivity contribution in [3.63, 3.8) is 0 Å². The van der Waals surface area contributed by atoms with Crippen LogP contribution in [0.4, 0.5) is 0 Å². The Morgan fingerprint density at radius 1 is 1.20 bits per heavy atom. The Bertz CT molecular complexity index is 131. The molecular weight excluding hydrogens is 124 g/mol. The van der Waals surface area contributed by atoms with E-state index in [1.165, 1.54) is 25.9 Å². The molecule has 2 aliphatic rings. The molecule has 0 amide bonds. The summed E-state index contributed by atoms with van der Waals surface area (Å²) in [5.41, 5.74) is 0. The molecule has 0 radical (unpaired) electrons. The molecule has 0 aliphatic carbocycles. The largest absolute Gasteiger partial charge is 0.291 e. The molecule has 2 heterocycles. The Hall–Kier alpha value is -0.0800. The van der Waals surface area contributed by atoms with Crippen molar-refractivity contribution in [1.29, 1.82) is 0 Å². The molecular formula is C8H16N2. The second kappa shape index (κ2) is 2.21. The number of hydrogen-bond donors (Lipinski definition) is 0. The van der Waals surface area contributed by atoms with Crippen molar-refractivity contribution >= 4 is 0 Å². The van der Waals surface area contributed by atoms with E-state index in [2.05, 4.69) is 23.9 Å². The van der Waals surface area contributed by atoms with Crippen LogP contribution in [0.3, 0.4) is 0 Å². The molecule has 0 aromatic heterocycles. The van der Waals surface area contributed by atoms with E-state index in [1.54, 1.807) is 0 Å². The maximum absolute atomic E-state index is 2.48. The fourth-order valence-electron chi connectivity index (χ4n) is 2.34. The van der Waals surface area contributed by atoms with Gasteiger partial charge in [-0.05, 0) is 39.4 Å². The SMILES string of the molecule is CN1CCC2CC1N(C)C2. The van der Waals surface area contributed by atoms with Gasteiger partial charge < -0.3 is 0 Å². The Kier molecular flexibility index (Phi) is 1.46. The van der Waals surface area contributed by atoms with Gasteiger partial charge in [-0.1, -0.05) is 0 Å². The quantitative estimate of drug-likeness (QED) is 0.486. The van der Waals surface area contributed by atoms with Crippen LogP contribution in [0.1, 0.15) is 12.8 Å². The number of fused-ring (bicyclic) bond motifs is 2. The van der Waals surface area contributed by atoms with Crippen LogP contribution in [0.2, 0.25) is 0 Å². The molecule has 2 heteroatoms. The first-order valence-electron chi connectivity index (χ1n) is 4.18. The van der Waals surface area contributed by atoms with Crippen molar-refractivity contribution in [1.82, 2.24) is 9.80 Å². The molecule has 2 rings (SSSR count). The van der Waals surface area contributed by atoms with Crippen LogP contribution in [-0.2, 0) is 0 Å². The third-order valence-corrected chi connectivity index (χ3v) is 3.00. The zero-order valence-electron chi connectivity index (χ0n) is 6.88. The second-order valence-corrected chi connectivity index (χ2v) is 3.79. The van der Waals surface area contributed by atoms with Crippen LogP contribution in [-0.4, -0.2) is 43.2 Å². The van der Waals surface area contributed by atoms with Crippen LogP contribution < -0.4 is 0 Å². The minimum absolute atomic E-state index is 0.763. The fourth-order valence-corrected chi connectivity index (χ4v) is 2.34. The molecule has 0 saturated carbocycles. The summed E-state index contributed by atoms with van der Waals surface area (Å²) in [4.78, 5) is 4.96. The summed E-state index contributed by atoms with van der Waals surface area (Å²) in [5.74, 6) is 1.01. The second-order valence-electron chi connectivity index (χ2n) is 3.79. The van der Waals surface area contributed by atoms with E-state index in [9.17, 15) is 0 Å². The first kappa shape index (κ1) is 6.62. The molecule has 2 unspecified atom stereocenters.